The molecular formula is C15H21N5O2. The lowest BCUT2D eigenvalue weighted by molar-refractivity contribution is 0.178. The molecule has 0 unspecified atom stereocenters. The van der Waals surface area contributed by atoms with Crippen molar-refractivity contribution in [3.63, 3.8) is 0 Å². The third-order valence-corrected chi connectivity index (χ3v) is 3.88. The number of likely N-dealkylation sites (tertiary alicyclic amines) is 1. The van der Waals surface area contributed by atoms with Gasteiger partial charge in [0.25, 0.3) is 0 Å². The van der Waals surface area contributed by atoms with Crippen molar-refractivity contribution in [3.8, 4) is 0 Å². The van der Waals surface area contributed by atoms with Crippen LogP contribution in [0, 0.1) is 6.92 Å². The SMILES string of the molecule is Cc1cc([C@@H]2CCCN2C(=O)N[C@H](C)Cn2cccn2)on1. The summed E-state index contributed by atoms with van der Waals surface area (Å²) in [6.07, 6.45) is 5.51. The van der Waals surface area contributed by atoms with E-state index in [9.17, 15) is 4.79 Å². The summed E-state index contributed by atoms with van der Waals surface area (Å²) in [5.74, 6) is 0.768. The number of carbonyl (C=O) groups is 1. The fourth-order valence-electron chi connectivity index (χ4n) is 2.87. The number of aromatic nitrogens is 3. The second-order valence-electron chi connectivity index (χ2n) is 5.80. The molecule has 2 aromatic rings. The van der Waals surface area contributed by atoms with Crippen LogP contribution in [0.2, 0.25) is 0 Å². The molecule has 2 aromatic heterocycles. The van der Waals surface area contributed by atoms with E-state index in [1.54, 1.807) is 6.20 Å². The van der Waals surface area contributed by atoms with E-state index < -0.39 is 0 Å². The summed E-state index contributed by atoms with van der Waals surface area (Å²) in [7, 11) is 0. The van der Waals surface area contributed by atoms with E-state index in [1.165, 1.54) is 0 Å². The second kappa shape index (κ2) is 6.21. The van der Waals surface area contributed by atoms with Gasteiger partial charge in [0.15, 0.2) is 5.76 Å². The largest absolute Gasteiger partial charge is 0.359 e. The van der Waals surface area contributed by atoms with Gasteiger partial charge in [-0.3, -0.25) is 4.68 Å². The molecule has 1 aliphatic rings. The summed E-state index contributed by atoms with van der Waals surface area (Å²) in [4.78, 5) is 14.3. The van der Waals surface area contributed by atoms with Gasteiger partial charge in [0, 0.05) is 31.0 Å². The Morgan fingerprint density at radius 2 is 2.45 bits per heavy atom. The van der Waals surface area contributed by atoms with Crippen LogP contribution >= 0.6 is 0 Å². The van der Waals surface area contributed by atoms with Crippen molar-refractivity contribution in [3.05, 3.63) is 36.0 Å². The summed E-state index contributed by atoms with van der Waals surface area (Å²) >= 11 is 0. The van der Waals surface area contributed by atoms with Gasteiger partial charge in [-0.15, -0.1) is 0 Å². The van der Waals surface area contributed by atoms with E-state index in [1.807, 2.05) is 41.8 Å². The zero-order valence-corrected chi connectivity index (χ0v) is 12.9. The molecule has 0 spiro atoms. The van der Waals surface area contributed by atoms with Crippen LogP contribution in [0.1, 0.15) is 37.3 Å². The van der Waals surface area contributed by atoms with Gasteiger partial charge in [-0.05, 0) is 32.8 Å². The first-order chi connectivity index (χ1) is 10.6. The molecule has 3 rings (SSSR count). The molecule has 7 heteroatoms. The Bertz CT molecular complexity index is 622. The van der Waals surface area contributed by atoms with Crippen LogP contribution in [-0.2, 0) is 6.54 Å². The lowest BCUT2D eigenvalue weighted by Gasteiger charge is -2.25. The fourth-order valence-corrected chi connectivity index (χ4v) is 2.87. The van der Waals surface area contributed by atoms with Crippen LogP contribution in [0.3, 0.4) is 0 Å². The van der Waals surface area contributed by atoms with Crippen LogP contribution in [-0.4, -0.2) is 38.5 Å². The molecule has 0 aromatic carbocycles. The number of aryl methyl sites for hydroxylation is 1. The first kappa shape index (κ1) is 14.6. The molecule has 0 radical (unpaired) electrons. The molecule has 1 N–H and O–H groups in total. The normalized spacial score (nSPS) is 19.4. The highest BCUT2D eigenvalue weighted by Crippen LogP contribution is 2.32. The fraction of sp³-hybridized carbons (Fsp3) is 0.533. The Kier molecular flexibility index (Phi) is 4.13. The standard InChI is InChI=1S/C15H21N5O2/c1-11-9-14(22-18-11)13-5-3-8-20(13)15(21)17-12(2)10-19-7-4-6-16-19/h4,6-7,9,12-13H,3,5,8,10H2,1-2H3,(H,17,21)/t12-,13+/m1/s1. The van der Waals surface area contributed by atoms with Crippen LogP contribution in [0.5, 0.6) is 0 Å². The summed E-state index contributed by atoms with van der Waals surface area (Å²) in [6.45, 7) is 5.26. The number of urea groups is 1. The molecule has 1 fully saturated rings. The van der Waals surface area contributed by atoms with E-state index >= 15 is 0 Å². The first-order valence-corrected chi connectivity index (χ1v) is 7.61. The molecule has 22 heavy (non-hydrogen) atoms. The van der Waals surface area contributed by atoms with E-state index in [4.69, 9.17) is 4.52 Å². The predicted molar refractivity (Wildman–Crippen MR) is 80.1 cm³/mol. The topological polar surface area (TPSA) is 76.2 Å². The van der Waals surface area contributed by atoms with Crippen LogP contribution in [0.25, 0.3) is 0 Å². The van der Waals surface area contributed by atoms with Gasteiger partial charge < -0.3 is 14.7 Å². The lowest BCUT2D eigenvalue weighted by atomic mass is 10.1. The summed E-state index contributed by atoms with van der Waals surface area (Å²) < 4.78 is 7.14. The number of hydrogen-bond acceptors (Lipinski definition) is 4. The Morgan fingerprint density at radius 1 is 1.59 bits per heavy atom. The summed E-state index contributed by atoms with van der Waals surface area (Å²) in [5, 5.41) is 11.1. The molecule has 0 bridgehead atoms. The molecule has 3 heterocycles. The third kappa shape index (κ3) is 3.13. The Labute approximate surface area is 129 Å². The Balaban J connectivity index is 1.61. The van der Waals surface area contributed by atoms with Crippen molar-refractivity contribution >= 4 is 6.03 Å². The molecule has 118 valence electrons. The zero-order valence-electron chi connectivity index (χ0n) is 12.9. The average molecular weight is 303 g/mol. The number of carbonyl (C=O) groups excluding carboxylic acids is 1. The molecule has 0 saturated carbocycles. The molecule has 2 amide bonds. The number of hydrogen-bond donors (Lipinski definition) is 1. The monoisotopic (exact) mass is 303 g/mol. The minimum atomic E-state index is -0.0591. The predicted octanol–water partition coefficient (Wildman–Crippen LogP) is 2.11. The van der Waals surface area contributed by atoms with Gasteiger partial charge >= 0.3 is 6.03 Å². The van der Waals surface area contributed by atoms with Crippen molar-refractivity contribution in [1.29, 1.82) is 0 Å². The van der Waals surface area contributed by atoms with Gasteiger partial charge in [0.1, 0.15) is 0 Å². The summed E-state index contributed by atoms with van der Waals surface area (Å²) in [5.41, 5.74) is 0.842. The Hall–Kier alpha value is -2.31. The quantitative estimate of drug-likeness (QED) is 0.938. The minimum absolute atomic E-state index is 0.00473. The molecular weight excluding hydrogens is 282 g/mol. The average Bonchev–Trinajstić information content (AvgIpc) is 3.17. The van der Waals surface area contributed by atoms with Gasteiger partial charge in [-0.2, -0.15) is 5.10 Å². The maximum atomic E-state index is 12.5. The maximum Gasteiger partial charge on any atom is 0.318 e. The second-order valence-corrected chi connectivity index (χ2v) is 5.80. The van der Waals surface area contributed by atoms with Gasteiger partial charge in [0.05, 0.1) is 18.3 Å². The number of rotatable bonds is 4. The molecule has 7 nitrogen and oxygen atoms in total. The molecule has 1 aliphatic heterocycles. The van der Waals surface area contributed by atoms with Crippen molar-refractivity contribution in [1.82, 2.24) is 25.2 Å². The molecule has 0 aliphatic carbocycles. The lowest BCUT2D eigenvalue weighted by Crippen LogP contribution is -2.44. The van der Waals surface area contributed by atoms with E-state index in [0.717, 1.165) is 30.8 Å². The van der Waals surface area contributed by atoms with E-state index in [2.05, 4.69) is 15.6 Å². The molecule has 1 saturated heterocycles. The van der Waals surface area contributed by atoms with Gasteiger partial charge in [-0.1, -0.05) is 5.16 Å². The van der Waals surface area contributed by atoms with Crippen molar-refractivity contribution < 1.29 is 9.32 Å². The first-order valence-electron chi connectivity index (χ1n) is 7.61. The highest BCUT2D eigenvalue weighted by Gasteiger charge is 2.33. The highest BCUT2D eigenvalue weighted by atomic mass is 16.5. The van der Waals surface area contributed by atoms with Gasteiger partial charge in [0.2, 0.25) is 0 Å². The maximum absolute atomic E-state index is 12.5. The Morgan fingerprint density at radius 3 is 3.14 bits per heavy atom. The molecule has 2 atom stereocenters. The van der Waals surface area contributed by atoms with Crippen LogP contribution in [0.15, 0.2) is 29.0 Å². The van der Waals surface area contributed by atoms with Crippen molar-refractivity contribution in [2.75, 3.05) is 6.54 Å². The number of nitrogens with zero attached hydrogens (tertiary/aromatic N) is 4. The van der Waals surface area contributed by atoms with E-state index in [0.29, 0.717) is 6.54 Å². The number of amides is 2. The smallest absolute Gasteiger partial charge is 0.318 e. The number of nitrogens with one attached hydrogen (secondary N) is 1. The van der Waals surface area contributed by atoms with Crippen LogP contribution < -0.4 is 5.32 Å². The summed E-state index contributed by atoms with van der Waals surface area (Å²) in [6, 6.07) is 3.71. The van der Waals surface area contributed by atoms with Crippen molar-refractivity contribution in [2.24, 2.45) is 0 Å². The third-order valence-electron chi connectivity index (χ3n) is 3.88. The minimum Gasteiger partial charge on any atom is -0.359 e. The van der Waals surface area contributed by atoms with E-state index in [-0.39, 0.29) is 18.1 Å². The van der Waals surface area contributed by atoms with Gasteiger partial charge in [-0.25, -0.2) is 4.79 Å². The zero-order chi connectivity index (χ0) is 15.5. The highest BCUT2D eigenvalue weighted by molar-refractivity contribution is 5.75. The van der Waals surface area contributed by atoms with Crippen LogP contribution in [0.4, 0.5) is 4.79 Å². The van der Waals surface area contributed by atoms with Crippen molar-refractivity contribution in [2.45, 2.75) is 45.3 Å².